The average molecular weight is 277 g/mol. The Labute approximate surface area is 122 Å². The first kappa shape index (κ1) is 15.3. The molecular formula is C16H27N3O. The molecule has 1 aliphatic heterocycles. The van der Waals surface area contributed by atoms with Crippen LogP contribution in [0.2, 0.25) is 0 Å². The van der Waals surface area contributed by atoms with E-state index in [0.717, 1.165) is 37.3 Å². The van der Waals surface area contributed by atoms with Crippen molar-refractivity contribution in [2.75, 3.05) is 24.5 Å². The Hall–Kier alpha value is -1.13. The van der Waals surface area contributed by atoms with Gasteiger partial charge in [-0.15, -0.1) is 0 Å². The van der Waals surface area contributed by atoms with Crippen LogP contribution in [0.3, 0.4) is 0 Å². The van der Waals surface area contributed by atoms with Crippen LogP contribution in [-0.4, -0.2) is 35.8 Å². The summed E-state index contributed by atoms with van der Waals surface area (Å²) in [6.07, 6.45) is 3.87. The van der Waals surface area contributed by atoms with Crippen molar-refractivity contribution < 1.29 is 5.11 Å². The number of nitrogens with zero attached hydrogens (tertiary/aromatic N) is 2. The summed E-state index contributed by atoms with van der Waals surface area (Å²) in [5.74, 6) is 0.400. The van der Waals surface area contributed by atoms with Gasteiger partial charge in [-0.25, -0.2) is 0 Å². The highest BCUT2D eigenvalue weighted by molar-refractivity contribution is 5.45. The zero-order chi connectivity index (χ0) is 14.5. The van der Waals surface area contributed by atoms with Crippen LogP contribution in [-0.2, 0) is 0 Å². The summed E-state index contributed by atoms with van der Waals surface area (Å²) in [6, 6.07) is 4.50. The van der Waals surface area contributed by atoms with E-state index in [1.807, 2.05) is 6.20 Å². The Balaban J connectivity index is 1.97. The Morgan fingerprint density at radius 1 is 1.50 bits per heavy atom. The SMILES string of the molecule is CCCNC(C)c1ccc(N2CCC(C)C(O)C2)cn1. The van der Waals surface area contributed by atoms with Crippen molar-refractivity contribution in [2.24, 2.45) is 5.92 Å². The maximum atomic E-state index is 9.98. The zero-order valence-electron chi connectivity index (χ0n) is 12.8. The Morgan fingerprint density at radius 2 is 2.30 bits per heavy atom. The molecule has 3 unspecified atom stereocenters. The first-order chi connectivity index (χ1) is 9.61. The molecule has 1 fully saturated rings. The minimum atomic E-state index is -0.228. The quantitative estimate of drug-likeness (QED) is 0.867. The maximum Gasteiger partial charge on any atom is 0.0741 e. The topological polar surface area (TPSA) is 48.4 Å². The van der Waals surface area contributed by atoms with Crippen molar-refractivity contribution in [3.63, 3.8) is 0 Å². The van der Waals surface area contributed by atoms with E-state index in [-0.39, 0.29) is 12.1 Å². The molecule has 0 aromatic carbocycles. The molecule has 0 radical (unpaired) electrons. The number of aromatic nitrogens is 1. The Bertz CT molecular complexity index is 407. The van der Waals surface area contributed by atoms with Gasteiger partial charge in [0, 0.05) is 19.1 Å². The number of β-amino-alcohol motifs (C(OH)–C–C–N with tert-alkyl or cyclic N) is 1. The normalized spacial score (nSPS) is 24.7. The molecule has 4 heteroatoms. The molecule has 0 bridgehead atoms. The molecule has 3 atom stereocenters. The third-order valence-electron chi connectivity index (χ3n) is 4.20. The van der Waals surface area contributed by atoms with E-state index in [0.29, 0.717) is 12.5 Å². The summed E-state index contributed by atoms with van der Waals surface area (Å²) in [5.41, 5.74) is 2.19. The highest BCUT2D eigenvalue weighted by Gasteiger charge is 2.24. The first-order valence-electron chi connectivity index (χ1n) is 7.74. The average Bonchev–Trinajstić information content (AvgIpc) is 2.48. The van der Waals surface area contributed by atoms with Crippen molar-refractivity contribution >= 4 is 5.69 Å². The molecule has 0 spiro atoms. The standard InChI is InChI=1S/C16H27N3O/c1-4-8-17-13(3)15-6-5-14(10-18-15)19-9-7-12(2)16(20)11-19/h5-6,10,12-13,16-17,20H,4,7-9,11H2,1-3H3. The van der Waals surface area contributed by atoms with Crippen LogP contribution in [0.25, 0.3) is 0 Å². The lowest BCUT2D eigenvalue weighted by Gasteiger charge is -2.35. The molecule has 1 saturated heterocycles. The molecule has 2 heterocycles. The van der Waals surface area contributed by atoms with Crippen molar-refractivity contribution in [2.45, 2.75) is 45.8 Å². The van der Waals surface area contributed by atoms with Crippen molar-refractivity contribution in [1.82, 2.24) is 10.3 Å². The zero-order valence-corrected chi connectivity index (χ0v) is 12.8. The van der Waals surface area contributed by atoms with E-state index < -0.39 is 0 Å². The van der Waals surface area contributed by atoms with Gasteiger partial charge >= 0.3 is 0 Å². The van der Waals surface area contributed by atoms with Gasteiger partial charge in [0.05, 0.1) is 23.7 Å². The Morgan fingerprint density at radius 3 is 2.90 bits per heavy atom. The third kappa shape index (κ3) is 3.70. The van der Waals surface area contributed by atoms with Gasteiger partial charge in [0.1, 0.15) is 0 Å². The highest BCUT2D eigenvalue weighted by atomic mass is 16.3. The van der Waals surface area contributed by atoms with E-state index in [2.05, 4.69) is 48.1 Å². The second-order valence-corrected chi connectivity index (χ2v) is 5.90. The molecule has 20 heavy (non-hydrogen) atoms. The van der Waals surface area contributed by atoms with Crippen LogP contribution in [0.1, 0.15) is 45.3 Å². The van der Waals surface area contributed by atoms with Gasteiger partial charge in [-0.05, 0) is 44.4 Å². The predicted molar refractivity (Wildman–Crippen MR) is 82.9 cm³/mol. The van der Waals surface area contributed by atoms with Crippen LogP contribution < -0.4 is 10.2 Å². The van der Waals surface area contributed by atoms with Gasteiger partial charge in [-0.2, -0.15) is 0 Å². The molecule has 1 aromatic heterocycles. The van der Waals surface area contributed by atoms with Crippen LogP contribution in [0, 0.1) is 5.92 Å². The van der Waals surface area contributed by atoms with E-state index in [4.69, 9.17) is 0 Å². The van der Waals surface area contributed by atoms with Crippen LogP contribution >= 0.6 is 0 Å². The molecule has 0 saturated carbocycles. The summed E-state index contributed by atoms with van der Waals surface area (Å²) in [5, 5.41) is 13.4. The smallest absolute Gasteiger partial charge is 0.0741 e. The number of anilines is 1. The van der Waals surface area contributed by atoms with E-state index in [1.54, 1.807) is 0 Å². The molecule has 0 aliphatic carbocycles. The van der Waals surface area contributed by atoms with Gasteiger partial charge in [-0.3, -0.25) is 4.98 Å². The molecule has 1 aromatic rings. The fourth-order valence-electron chi connectivity index (χ4n) is 2.59. The van der Waals surface area contributed by atoms with Crippen molar-refractivity contribution in [3.05, 3.63) is 24.0 Å². The van der Waals surface area contributed by atoms with E-state index >= 15 is 0 Å². The number of hydrogen-bond acceptors (Lipinski definition) is 4. The lowest BCUT2D eigenvalue weighted by molar-refractivity contribution is 0.103. The summed E-state index contributed by atoms with van der Waals surface area (Å²) < 4.78 is 0. The minimum absolute atomic E-state index is 0.228. The number of rotatable bonds is 5. The van der Waals surface area contributed by atoms with Gasteiger partial charge in [-0.1, -0.05) is 13.8 Å². The Kier molecular flexibility index (Phi) is 5.38. The van der Waals surface area contributed by atoms with Gasteiger partial charge in [0.15, 0.2) is 0 Å². The molecule has 112 valence electrons. The molecule has 2 rings (SSSR count). The lowest BCUT2D eigenvalue weighted by atomic mass is 9.96. The summed E-state index contributed by atoms with van der Waals surface area (Å²) >= 11 is 0. The molecule has 4 nitrogen and oxygen atoms in total. The number of aliphatic hydroxyl groups excluding tert-OH is 1. The van der Waals surface area contributed by atoms with Crippen molar-refractivity contribution in [1.29, 1.82) is 0 Å². The van der Waals surface area contributed by atoms with Gasteiger partial charge in [0.25, 0.3) is 0 Å². The summed E-state index contributed by atoms with van der Waals surface area (Å²) in [7, 11) is 0. The fraction of sp³-hybridized carbons (Fsp3) is 0.688. The predicted octanol–water partition coefficient (Wildman–Crippen LogP) is 2.35. The van der Waals surface area contributed by atoms with Crippen LogP contribution in [0.15, 0.2) is 18.3 Å². The lowest BCUT2D eigenvalue weighted by Crippen LogP contribution is -2.42. The second kappa shape index (κ2) is 7.04. The fourth-order valence-corrected chi connectivity index (χ4v) is 2.59. The number of hydrogen-bond donors (Lipinski definition) is 2. The van der Waals surface area contributed by atoms with Gasteiger partial charge < -0.3 is 15.3 Å². The number of aliphatic hydroxyl groups is 1. The molecular weight excluding hydrogens is 250 g/mol. The largest absolute Gasteiger partial charge is 0.391 e. The van der Waals surface area contributed by atoms with Gasteiger partial charge in [0.2, 0.25) is 0 Å². The summed E-state index contributed by atoms with van der Waals surface area (Å²) in [6.45, 7) is 9.16. The maximum absolute atomic E-state index is 9.98. The number of nitrogens with one attached hydrogen (secondary N) is 1. The van der Waals surface area contributed by atoms with Crippen LogP contribution in [0.5, 0.6) is 0 Å². The monoisotopic (exact) mass is 277 g/mol. The molecule has 2 N–H and O–H groups in total. The van der Waals surface area contributed by atoms with E-state index in [1.165, 1.54) is 0 Å². The first-order valence-corrected chi connectivity index (χ1v) is 7.74. The van der Waals surface area contributed by atoms with E-state index in [9.17, 15) is 5.11 Å². The number of pyridine rings is 1. The minimum Gasteiger partial charge on any atom is -0.391 e. The third-order valence-corrected chi connectivity index (χ3v) is 4.20. The van der Waals surface area contributed by atoms with Crippen LogP contribution in [0.4, 0.5) is 5.69 Å². The second-order valence-electron chi connectivity index (χ2n) is 5.90. The molecule has 1 aliphatic rings. The molecule has 0 amide bonds. The summed E-state index contributed by atoms with van der Waals surface area (Å²) in [4.78, 5) is 6.79. The number of piperidine rings is 1. The van der Waals surface area contributed by atoms with Crippen molar-refractivity contribution in [3.8, 4) is 0 Å². The highest BCUT2D eigenvalue weighted by Crippen LogP contribution is 2.23.